The number of para-hydroxylation sites is 1. The maximum atomic E-state index is 13.5. The van der Waals surface area contributed by atoms with Crippen molar-refractivity contribution in [1.82, 2.24) is 0 Å². The van der Waals surface area contributed by atoms with Gasteiger partial charge in [-0.05, 0) is 24.0 Å². The molecule has 3 heteroatoms. The van der Waals surface area contributed by atoms with Gasteiger partial charge in [0.15, 0.2) is 0 Å². The normalized spacial score (nSPS) is 13.5. The number of anilines is 1. The highest BCUT2D eigenvalue weighted by molar-refractivity contribution is 5.46. The zero-order valence-electron chi connectivity index (χ0n) is 11.2. The van der Waals surface area contributed by atoms with Gasteiger partial charge < -0.3 is 10.6 Å². The first-order chi connectivity index (χ1) is 7.82. The lowest BCUT2D eigenvalue weighted by Gasteiger charge is -2.29. The maximum Gasteiger partial charge on any atom is 0.146 e. The summed E-state index contributed by atoms with van der Waals surface area (Å²) >= 11 is 0. The molecule has 17 heavy (non-hydrogen) atoms. The highest BCUT2D eigenvalue weighted by Gasteiger charge is 2.20. The molecule has 1 atom stereocenters. The van der Waals surface area contributed by atoms with Crippen LogP contribution in [0.3, 0.4) is 0 Å². The second-order valence-electron chi connectivity index (χ2n) is 5.63. The first-order valence-corrected chi connectivity index (χ1v) is 6.03. The van der Waals surface area contributed by atoms with Crippen LogP contribution < -0.4 is 10.6 Å². The molecule has 0 fully saturated rings. The molecule has 0 aliphatic carbocycles. The SMILES string of the molecule is CN(CCC(N)C(C)(C)C)c1ccccc1F. The highest BCUT2D eigenvalue weighted by Crippen LogP contribution is 2.22. The van der Waals surface area contributed by atoms with E-state index in [1.807, 2.05) is 18.0 Å². The summed E-state index contributed by atoms with van der Waals surface area (Å²) in [5.41, 5.74) is 6.82. The molecule has 0 heterocycles. The minimum absolute atomic E-state index is 0.0933. The average molecular weight is 238 g/mol. The molecule has 0 bridgehead atoms. The molecule has 0 aliphatic rings. The number of hydrogen-bond donors (Lipinski definition) is 1. The fourth-order valence-corrected chi connectivity index (χ4v) is 1.65. The van der Waals surface area contributed by atoms with Gasteiger partial charge >= 0.3 is 0 Å². The van der Waals surface area contributed by atoms with Crippen LogP contribution in [0.5, 0.6) is 0 Å². The Kier molecular flexibility index (Phi) is 4.52. The summed E-state index contributed by atoms with van der Waals surface area (Å²) < 4.78 is 13.5. The van der Waals surface area contributed by atoms with Gasteiger partial charge in [-0.1, -0.05) is 32.9 Å². The van der Waals surface area contributed by atoms with Gasteiger partial charge in [0.1, 0.15) is 5.82 Å². The molecule has 0 radical (unpaired) electrons. The Morgan fingerprint density at radius 1 is 1.29 bits per heavy atom. The summed E-state index contributed by atoms with van der Waals surface area (Å²) in [7, 11) is 1.90. The van der Waals surface area contributed by atoms with Crippen molar-refractivity contribution in [2.45, 2.75) is 33.2 Å². The van der Waals surface area contributed by atoms with E-state index in [4.69, 9.17) is 5.73 Å². The van der Waals surface area contributed by atoms with Crippen LogP contribution in [0, 0.1) is 11.2 Å². The Morgan fingerprint density at radius 2 is 1.88 bits per heavy atom. The summed E-state index contributed by atoms with van der Waals surface area (Å²) in [6.07, 6.45) is 0.855. The first kappa shape index (κ1) is 14.0. The van der Waals surface area contributed by atoms with E-state index in [0.717, 1.165) is 13.0 Å². The van der Waals surface area contributed by atoms with Gasteiger partial charge in [-0.2, -0.15) is 0 Å². The average Bonchev–Trinajstić information content (AvgIpc) is 2.24. The molecule has 0 aliphatic heterocycles. The first-order valence-electron chi connectivity index (χ1n) is 6.03. The molecule has 1 rings (SSSR count). The summed E-state index contributed by atoms with van der Waals surface area (Å²) in [5, 5.41) is 0. The number of nitrogens with zero attached hydrogens (tertiary/aromatic N) is 1. The van der Waals surface area contributed by atoms with Gasteiger partial charge in [0.2, 0.25) is 0 Å². The molecule has 0 saturated heterocycles. The van der Waals surface area contributed by atoms with E-state index >= 15 is 0 Å². The third kappa shape index (κ3) is 4.00. The van der Waals surface area contributed by atoms with Crippen molar-refractivity contribution in [2.24, 2.45) is 11.1 Å². The van der Waals surface area contributed by atoms with Crippen molar-refractivity contribution in [2.75, 3.05) is 18.5 Å². The Balaban J connectivity index is 2.57. The van der Waals surface area contributed by atoms with Crippen molar-refractivity contribution in [3.8, 4) is 0 Å². The Hall–Kier alpha value is -1.09. The smallest absolute Gasteiger partial charge is 0.146 e. The number of nitrogens with two attached hydrogens (primary N) is 1. The Bertz CT molecular complexity index is 357. The summed E-state index contributed by atoms with van der Waals surface area (Å²) in [5.74, 6) is -0.181. The minimum Gasteiger partial charge on any atom is -0.372 e. The molecule has 1 unspecified atom stereocenters. The lowest BCUT2D eigenvalue weighted by Crippen LogP contribution is -2.38. The highest BCUT2D eigenvalue weighted by atomic mass is 19.1. The molecule has 1 aromatic rings. The number of halogens is 1. The zero-order chi connectivity index (χ0) is 13.1. The third-order valence-electron chi connectivity index (χ3n) is 3.15. The molecule has 0 aromatic heterocycles. The van der Waals surface area contributed by atoms with Gasteiger partial charge in [-0.15, -0.1) is 0 Å². The van der Waals surface area contributed by atoms with Crippen LogP contribution in [0.15, 0.2) is 24.3 Å². The second-order valence-corrected chi connectivity index (χ2v) is 5.63. The molecule has 2 nitrogen and oxygen atoms in total. The van der Waals surface area contributed by atoms with Gasteiger partial charge in [0.25, 0.3) is 0 Å². The largest absolute Gasteiger partial charge is 0.372 e. The summed E-state index contributed by atoms with van der Waals surface area (Å²) in [4.78, 5) is 1.92. The number of benzene rings is 1. The number of hydrogen-bond acceptors (Lipinski definition) is 2. The van der Waals surface area contributed by atoms with Gasteiger partial charge in [-0.25, -0.2) is 4.39 Å². The molecular formula is C14H23FN2. The summed E-state index contributed by atoms with van der Waals surface area (Å²) in [6, 6.07) is 6.94. The predicted octanol–water partition coefficient (Wildman–Crippen LogP) is 3.03. The quantitative estimate of drug-likeness (QED) is 0.873. The van der Waals surface area contributed by atoms with Crippen LogP contribution in [-0.2, 0) is 0 Å². The van der Waals surface area contributed by atoms with E-state index in [0.29, 0.717) is 5.69 Å². The van der Waals surface area contributed by atoms with Crippen LogP contribution in [0.25, 0.3) is 0 Å². The second kappa shape index (κ2) is 5.50. The summed E-state index contributed by atoms with van der Waals surface area (Å²) in [6.45, 7) is 7.14. The van der Waals surface area contributed by atoms with Crippen LogP contribution in [0.4, 0.5) is 10.1 Å². The van der Waals surface area contributed by atoms with Crippen molar-refractivity contribution in [3.63, 3.8) is 0 Å². The van der Waals surface area contributed by atoms with Crippen molar-refractivity contribution in [3.05, 3.63) is 30.1 Å². The van der Waals surface area contributed by atoms with Crippen LogP contribution in [-0.4, -0.2) is 19.6 Å². The standard InChI is InChI=1S/C14H23FN2/c1-14(2,3)13(16)9-10-17(4)12-8-6-5-7-11(12)15/h5-8,13H,9-10,16H2,1-4H3. The zero-order valence-corrected chi connectivity index (χ0v) is 11.2. The van der Waals surface area contributed by atoms with Crippen molar-refractivity contribution in [1.29, 1.82) is 0 Å². The predicted molar refractivity (Wildman–Crippen MR) is 71.7 cm³/mol. The molecule has 0 spiro atoms. The van der Waals surface area contributed by atoms with Crippen LogP contribution in [0.2, 0.25) is 0 Å². The fourth-order valence-electron chi connectivity index (χ4n) is 1.65. The van der Waals surface area contributed by atoms with E-state index in [9.17, 15) is 4.39 Å². The molecule has 0 amide bonds. The van der Waals surface area contributed by atoms with Crippen molar-refractivity contribution < 1.29 is 4.39 Å². The van der Waals surface area contributed by atoms with Crippen LogP contribution in [0.1, 0.15) is 27.2 Å². The van der Waals surface area contributed by atoms with E-state index in [2.05, 4.69) is 20.8 Å². The molecular weight excluding hydrogens is 215 g/mol. The molecule has 1 aromatic carbocycles. The lowest BCUT2D eigenvalue weighted by atomic mass is 9.85. The Labute approximate surface area is 104 Å². The van der Waals surface area contributed by atoms with Gasteiger partial charge in [0, 0.05) is 19.6 Å². The minimum atomic E-state index is -0.181. The number of rotatable bonds is 4. The van der Waals surface area contributed by atoms with Crippen LogP contribution >= 0.6 is 0 Å². The lowest BCUT2D eigenvalue weighted by molar-refractivity contribution is 0.307. The van der Waals surface area contributed by atoms with Gasteiger partial charge in [0.05, 0.1) is 5.69 Å². The molecule has 0 saturated carbocycles. The van der Waals surface area contributed by atoms with Crippen molar-refractivity contribution >= 4 is 5.69 Å². The van der Waals surface area contributed by atoms with E-state index in [1.54, 1.807) is 12.1 Å². The molecule has 96 valence electrons. The maximum absolute atomic E-state index is 13.5. The van der Waals surface area contributed by atoms with E-state index < -0.39 is 0 Å². The van der Waals surface area contributed by atoms with Gasteiger partial charge in [-0.3, -0.25) is 0 Å². The Morgan fingerprint density at radius 3 is 2.41 bits per heavy atom. The van der Waals surface area contributed by atoms with E-state index in [-0.39, 0.29) is 17.3 Å². The fraction of sp³-hybridized carbons (Fsp3) is 0.571. The van der Waals surface area contributed by atoms with E-state index in [1.165, 1.54) is 6.07 Å². The monoisotopic (exact) mass is 238 g/mol. The molecule has 2 N–H and O–H groups in total. The third-order valence-corrected chi connectivity index (χ3v) is 3.15. The topological polar surface area (TPSA) is 29.3 Å².